The van der Waals surface area contributed by atoms with E-state index in [4.69, 9.17) is 5.73 Å². The van der Waals surface area contributed by atoms with Crippen LogP contribution >= 0.6 is 12.4 Å². The molecule has 5 nitrogen and oxygen atoms in total. The van der Waals surface area contributed by atoms with E-state index in [1.54, 1.807) is 10.9 Å². The fourth-order valence-electron chi connectivity index (χ4n) is 1.59. The van der Waals surface area contributed by atoms with Gasteiger partial charge in [-0.3, -0.25) is 9.48 Å². The van der Waals surface area contributed by atoms with Gasteiger partial charge in [-0.15, -0.1) is 12.4 Å². The number of nitrogens with two attached hydrogens (primary N) is 1. The van der Waals surface area contributed by atoms with E-state index in [9.17, 15) is 4.79 Å². The maximum absolute atomic E-state index is 11.5. The fourth-order valence-corrected chi connectivity index (χ4v) is 1.59. The zero-order valence-corrected chi connectivity index (χ0v) is 11.4. The molecule has 3 N–H and O–H groups in total. The van der Waals surface area contributed by atoms with Gasteiger partial charge in [-0.2, -0.15) is 5.10 Å². The van der Waals surface area contributed by atoms with E-state index in [0.29, 0.717) is 13.0 Å². The van der Waals surface area contributed by atoms with Gasteiger partial charge in [0.2, 0.25) is 5.91 Å². The Kier molecular flexibility index (Phi) is 6.83. The number of nitrogens with one attached hydrogen (secondary N) is 1. The predicted molar refractivity (Wildman–Crippen MR) is 70.0 cm³/mol. The minimum atomic E-state index is -0.000950. The van der Waals surface area contributed by atoms with Crippen LogP contribution in [0.5, 0.6) is 0 Å². The first-order valence-corrected chi connectivity index (χ1v) is 5.54. The minimum Gasteiger partial charge on any atom is -0.349 e. The van der Waals surface area contributed by atoms with E-state index in [2.05, 4.69) is 10.4 Å². The van der Waals surface area contributed by atoms with E-state index in [1.807, 2.05) is 20.9 Å². The highest BCUT2D eigenvalue weighted by molar-refractivity contribution is 5.85. The lowest BCUT2D eigenvalue weighted by molar-refractivity contribution is -0.121. The van der Waals surface area contributed by atoms with E-state index in [-0.39, 0.29) is 24.4 Å². The number of carbonyl (C=O) groups excluding carboxylic acids is 1. The third-order valence-corrected chi connectivity index (χ3v) is 2.73. The van der Waals surface area contributed by atoms with Crippen LogP contribution in [0.2, 0.25) is 0 Å². The van der Waals surface area contributed by atoms with Crippen LogP contribution in [0.3, 0.4) is 0 Å². The van der Waals surface area contributed by atoms with E-state index < -0.39 is 0 Å². The second-order valence-corrected chi connectivity index (χ2v) is 3.99. The molecule has 1 rings (SSSR count). The number of hydrogen-bond acceptors (Lipinski definition) is 3. The molecule has 1 amide bonds. The van der Waals surface area contributed by atoms with Gasteiger partial charge in [-0.25, -0.2) is 0 Å². The van der Waals surface area contributed by atoms with Gasteiger partial charge in [0.25, 0.3) is 0 Å². The van der Waals surface area contributed by atoms with Crippen molar-refractivity contribution in [2.45, 2.75) is 32.7 Å². The number of halogens is 1. The van der Waals surface area contributed by atoms with Crippen molar-refractivity contribution < 1.29 is 4.79 Å². The molecule has 1 aromatic rings. The molecule has 0 aliphatic heterocycles. The molecule has 0 fully saturated rings. The summed E-state index contributed by atoms with van der Waals surface area (Å²) in [5.41, 5.74) is 7.49. The summed E-state index contributed by atoms with van der Waals surface area (Å²) in [6, 6.07) is -0.000950. The molecular weight excluding hydrogens is 240 g/mol. The van der Waals surface area contributed by atoms with Crippen molar-refractivity contribution in [3.8, 4) is 0 Å². The van der Waals surface area contributed by atoms with Gasteiger partial charge < -0.3 is 11.1 Å². The van der Waals surface area contributed by atoms with Gasteiger partial charge in [-0.05, 0) is 26.8 Å². The van der Waals surface area contributed by atoms with Crippen molar-refractivity contribution in [2.75, 3.05) is 6.54 Å². The molecule has 98 valence electrons. The first kappa shape index (κ1) is 15.9. The van der Waals surface area contributed by atoms with Crippen LogP contribution in [0, 0.1) is 6.92 Å². The van der Waals surface area contributed by atoms with Gasteiger partial charge in [-0.1, -0.05) is 0 Å². The van der Waals surface area contributed by atoms with Crippen LogP contribution in [0.15, 0.2) is 6.20 Å². The maximum Gasteiger partial charge on any atom is 0.220 e. The lowest BCUT2D eigenvalue weighted by Crippen LogP contribution is -2.27. The zero-order valence-electron chi connectivity index (χ0n) is 10.6. The van der Waals surface area contributed by atoms with Crippen molar-refractivity contribution >= 4 is 18.3 Å². The van der Waals surface area contributed by atoms with Crippen LogP contribution < -0.4 is 11.1 Å². The van der Waals surface area contributed by atoms with Gasteiger partial charge in [0.05, 0.1) is 12.2 Å². The van der Waals surface area contributed by atoms with Crippen molar-refractivity contribution in [2.24, 2.45) is 12.8 Å². The van der Waals surface area contributed by atoms with Gasteiger partial charge in [0.1, 0.15) is 0 Å². The minimum absolute atomic E-state index is 0. The molecule has 6 heteroatoms. The number of hydrogen-bond donors (Lipinski definition) is 2. The molecule has 1 aromatic heterocycles. The summed E-state index contributed by atoms with van der Waals surface area (Å²) in [6.07, 6.45) is 3.01. The first-order valence-electron chi connectivity index (χ1n) is 5.54. The second-order valence-electron chi connectivity index (χ2n) is 3.99. The molecule has 1 atom stereocenters. The van der Waals surface area contributed by atoms with E-state index >= 15 is 0 Å². The summed E-state index contributed by atoms with van der Waals surface area (Å²) in [5, 5.41) is 7.09. The smallest absolute Gasteiger partial charge is 0.220 e. The molecule has 1 heterocycles. The molecule has 17 heavy (non-hydrogen) atoms. The van der Waals surface area contributed by atoms with Gasteiger partial charge in [0.15, 0.2) is 0 Å². The SMILES string of the molecule is Cc1c(C(C)NC(=O)CCCN)cnn1C.Cl. The number of aryl methyl sites for hydroxylation is 1. The Bertz CT molecular complexity index is 364. The molecule has 0 saturated heterocycles. The third-order valence-electron chi connectivity index (χ3n) is 2.73. The maximum atomic E-state index is 11.5. The Hall–Kier alpha value is -1.07. The van der Waals surface area contributed by atoms with Crippen LogP contribution in [0.1, 0.15) is 37.1 Å². The molecular formula is C11H21ClN4O. The first-order chi connectivity index (χ1) is 7.56. The topological polar surface area (TPSA) is 72.9 Å². The van der Waals surface area contributed by atoms with Gasteiger partial charge in [0, 0.05) is 24.7 Å². The molecule has 1 unspecified atom stereocenters. The molecule has 0 aliphatic carbocycles. The molecule has 0 radical (unpaired) electrons. The molecule has 0 bridgehead atoms. The molecule has 0 saturated carbocycles. The summed E-state index contributed by atoms with van der Waals surface area (Å²) in [5.74, 6) is 0.0428. The van der Waals surface area contributed by atoms with E-state index in [1.165, 1.54) is 0 Å². The Morgan fingerprint density at radius 3 is 2.76 bits per heavy atom. The Morgan fingerprint density at radius 2 is 2.29 bits per heavy atom. The van der Waals surface area contributed by atoms with Crippen molar-refractivity contribution in [1.29, 1.82) is 0 Å². The van der Waals surface area contributed by atoms with E-state index in [0.717, 1.165) is 17.7 Å². The highest BCUT2D eigenvalue weighted by Gasteiger charge is 2.13. The molecule has 0 spiro atoms. The average molecular weight is 261 g/mol. The lowest BCUT2D eigenvalue weighted by atomic mass is 10.1. The number of nitrogens with zero attached hydrogens (tertiary/aromatic N) is 2. The standard InChI is InChI=1S/C11H20N4O.ClH/c1-8(14-11(16)5-4-6-12)10-7-13-15(3)9(10)2;/h7-8H,4-6,12H2,1-3H3,(H,14,16);1H. The molecule has 0 aliphatic rings. The van der Waals surface area contributed by atoms with Crippen molar-refractivity contribution in [1.82, 2.24) is 15.1 Å². The summed E-state index contributed by atoms with van der Waals surface area (Å²) in [4.78, 5) is 11.5. The van der Waals surface area contributed by atoms with Crippen LogP contribution in [0.4, 0.5) is 0 Å². The van der Waals surface area contributed by atoms with Crippen LogP contribution in [-0.4, -0.2) is 22.2 Å². The second kappa shape index (κ2) is 7.29. The quantitative estimate of drug-likeness (QED) is 0.832. The fraction of sp³-hybridized carbons (Fsp3) is 0.636. The van der Waals surface area contributed by atoms with Gasteiger partial charge >= 0.3 is 0 Å². The highest BCUT2D eigenvalue weighted by atomic mass is 35.5. The summed E-state index contributed by atoms with van der Waals surface area (Å²) in [6.45, 7) is 4.50. The number of aromatic nitrogens is 2. The number of amides is 1. The average Bonchev–Trinajstić information content (AvgIpc) is 2.57. The Labute approximate surface area is 108 Å². The van der Waals surface area contributed by atoms with Crippen molar-refractivity contribution in [3.63, 3.8) is 0 Å². The summed E-state index contributed by atoms with van der Waals surface area (Å²) < 4.78 is 1.80. The predicted octanol–water partition coefficient (Wildman–Crippen LogP) is 1.07. The largest absolute Gasteiger partial charge is 0.349 e. The number of rotatable bonds is 5. The number of carbonyl (C=O) groups is 1. The third kappa shape index (κ3) is 4.36. The normalized spacial score (nSPS) is 11.8. The summed E-state index contributed by atoms with van der Waals surface area (Å²) in [7, 11) is 1.89. The highest BCUT2D eigenvalue weighted by Crippen LogP contribution is 2.15. The Morgan fingerprint density at radius 1 is 1.65 bits per heavy atom. The Balaban J connectivity index is 0.00000256. The zero-order chi connectivity index (χ0) is 12.1. The molecule has 0 aromatic carbocycles. The van der Waals surface area contributed by atoms with Crippen molar-refractivity contribution in [3.05, 3.63) is 17.5 Å². The summed E-state index contributed by atoms with van der Waals surface area (Å²) >= 11 is 0. The van der Waals surface area contributed by atoms with Crippen LogP contribution in [-0.2, 0) is 11.8 Å². The lowest BCUT2D eigenvalue weighted by Gasteiger charge is -2.13. The van der Waals surface area contributed by atoms with Crippen LogP contribution in [0.25, 0.3) is 0 Å². The monoisotopic (exact) mass is 260 g/mol.